The van der Waals surface area contributed by atoms with Gasteiger partial charge in [0.05, 0.1) is 0 Å². The van der Waals surface area contributed by atoms with Crippen molar-refractivity contribution in [1.82, 2.24) is 5.32 Å². The quantitative estimate of drug-likeness (QED) is 0.558. The summed E-state index contributed by atoms with van der Waals surface area (Å²) in [5, 5.41) is 6.34. The predicted octanol–water partition coefficient (Wildman–Crippen LogP) is 6.22. The van der Waals surface area contributed by atoms with Gasteiger partial charge in [-0.2, -0.15) is 0 Å². The molecule has 2 aromatic rings. The van der Waals surface area contributed by atoms with E-state index in [4.69, 9.17) is 0 Å². The van der Waals surface area contributed by atoms with Crippen LogP contribution >= 0.6 is 15.9 Å². The number of unbranched alkanes of at least 4 members (excludes halogenated alkanes) is 2. The van der Waals surface area contributed by atoms with E-state index in [0.29, 0.717) is 6.04 Å². The summed E-state index contributed by atoms with van der Waals surface area (Å²) in [6.45, 7) is 5.59. The van der Waals surface area contributed by atoms with Gasteiger partial charge in [-0.05, 0) is 53.9 Å². The van der Waals surface area contributed by atoms with Gasteiger partial charge in [-0.15, -0.1) is 0 Å². The van der Waals surface area contributed by atoms with Gasteiger partial charge in [0.2, 0.25) is 0 Å². The minimum Gasteiger partial charge on any atom is -0.310 e. The summed E-state index contributed by atoms with van der Waals surface area (Å²) in [5.41, 5.74) is 1.43. The lowest BCUT2D eigenvalue weighted by atomic mass is 9.97. The molecule has 2 heteroatoms. The van der Waals surface area contributed by atoms with E-state index in [9.17, 15) is 0 Å². The van der Waals surface area contributed by atoms with E-state index in [1.807, 2.05) is 0 Å². The van der Waals surface area contributed by atoms with Crippen LogP contribution in [0.2, 0.25) is 0 Å². The number of hydrogen-bond acceptors (Lipinski definition) is 1. The standard InChI is InChI=1S/C19H26BrN/c1-3-5-6-7-19(21-12-4-2)17-9-8-16-14-18(20)11-10-15(16)13-17/h8-11,13-14,19,21H,3-7,12H2,1-2H3. The third-order valence-electron chi connectivity index (χ3n) is 3.97. The highest BCUT2D eigenvalue weighted by Crippen LogP contribution is 2.26. The number of halogens is 1. The van der Waals surface area contributed by atoms with Crippen molar-refractivity contribution in [1.29, 1.82) is 0 Å². The Labute approximate surface area is 137 Å². The SMILES string of the molecule is CCCCCC(NCCC)c1ccc2cc(Br)ccc2c1. The Kier molecular flexibility index (Phi) is 6.72. The van der Waals surface area contributed by atoms with E-state index in [1.54, 1.807) is 0 Å². The largest absolute Gasteiger partial charge is 0.310 e. The molecular weight excluding hydrogens is 322 g/mol. The van der Waals surface area contributed by atoms with Crippen LogP contribution in [-0.2, 0) is 0 Å². The van der Waals surface area contributed by atoms with Crippen LogP contribution < -0.4 is 5.32 Å². The maximum absolute atomic E-state index is 3.71. The molecule has 2 aromatic carbocycles. The number of rotatable bonds is 8. The Morgan fingerprint density at radius 1 is 0.952 bits per heavy atom. The lowest BCUT2D eigenvalue weighted by Gasteiger charge is -2.19. The molecule has 0 aliphatic rings. The van der Waals surface area contributed by atoms with Crippen molar-refractivity contribution >= 4 is 26.7 Å². The molecule has 1 unspecified atom stereocenters. The van der Waals surface area contributed by atoms with Gasteiger partial charge in [-0.3, -0.25) is 0 Å². The number of benzene rings is 2. The topological polar surface area (TPSA) is 12.0 Å². The lowest BCUT2D eigenvalue weighted by Crippen LogP contribution is -2.22. The smallest absolute Gasteiger partial charge is 0.0320 e. The zero-order valence-electron chi connectivity index (χ0n) is 13.2. The molecular formula is C19H26BrN. The predicted molar refractivity (Wildman–Crippen MR) is 96.8 cm³/mol. The van der Waals surface area contributed by atoms with Gasteiger partial charge in [0.15, 0.2) is 0 Å². The highest BCUT2D eigenvalue weighted by atomic mass is 79.9. The first-order valence-corrected chi connectivity index (χ1v) is 8.96. The highest BCUT2D eigenvalue weighted by molar-refractivity contribution is 9.10. The molecule has 0 aromatic heterocycles. The van der Waals surface area contributed by atoms with Crippen molar-refractivity contribution in [3.8, 4) is 0 Å². The summed E-state index contributed by atoms with van der Waals surface area (Å²) in [7, 11) is 0. The van der Waals surface area contributed by atoms with Crippen LogP contribution in [0.3, 0.4) is 0 Å². The van der Waals surface area contributed by atoms with E-state index >= 15 is 0 Å². The van der Waals surface area contributed by atoms with Crippen molar-refractivity contribution in [3.63, 3.8) is 0 Å². The highest BCUT2D eigenvalue weighted by Gasteiger charge is 2.10. The van der Waals surface area contributed by atoms with Gasteiger partial charge in [0.1, 0.15) is 0 Å². The molecule has 0 saturated carbocycles. The Morgan fingerprint density at radius 2 is 1.71 bits per heavy atom. The van der Waals surface area contributed by atoms with Gasteiger partial charge >= 0.3 is 0 Å². The number of nitrogens with one attached hydrogen (secondary N) is 1. The summed E-state index contributed by atoms with van der Waals surface area (Å²) in [6, 6.07) is 13.9. The first kappa shape index (κ1) is 16.5. The van der Waals surface area contributed by atoms with Gasteiger partial charge in [0.25, 0.3) is 0 Å². The number of fused-ring (bicyclic) bond motifs is 1. The fourth-order valence-electron chi connectivity index (χ4n) is 2.76. The normalized spacial score (nSPS) is 12.7. The molecule has 0 aliphatic carbocycles. The summed E-state index contributed by atoms with van der Waals surface area (Å²) in [5.74, 6) is 0. The molecule has 0 heterocycles. The zero-order valence-corrected chi connectivity index (χ0v) is 14.7. The fourth-order valence-corrected chi connectivity index (χ4v) is 3.13. The fraction of sp³-hybridized carbons (Fsp3) is 0.474. The maximum Gasteiger partial charge on any atom is 0.0320 e. The van der Waals surface area contributed by atoms with E-state index in [0.717, 1.165) is 11.0 Å². The van der Waals surface area contributed by atoms with Crippen LogP contribution in [-0.4, -0.2) is 6.54 Å². The average molecular weight is 348 g/mol. The van der Waals surface area contributed by atoms with E-state index < -0.39 is 0 Å². The van der Waals surface area contributed by atoms with E-state index in [2.05, 4.69) is 71.5 Å². The summed E-state index contributed by atoms with van der Waals surface area (Å²) >= 11 is 3.54. The van der Waals surface area contributed by atoms with Crippen molar-refractivity contribution in [2.24, 2.45) is 0 Å². The van der Waals surface area contributed by atoms with Gasteiger partial charge in [0, 0.05) is 10.5 Å². The van der Waals surface area contributed by atoms with Gasteiger partial charge in [-0.25, -0.2) is 0 Å². The molecule has 0 radical (unpaired) electrons. The summed E-state index contributed by atoms with van der Waals surface area (Å²) in [6.07, 6.45) is 6.33. The third kappa shape index (κ3) is 4.82. The van der Waals surface area contributed by atoms with Gasteiger partial charge in [-0.1, -0.05) is 67.2 Å². The van der Waals surface area contributed by atoms with Gasteiger partial charge < -0.3 is 5.32 Å². The lowest BCUT2D eigenvalue weighted by molar-refractivity contribution is 0.475. The molecule has 0 saturated heterocycles. The molecule has 0 fully saturated rings. The minimum absolute atomic E-state index is 0.490. The molecule has 0 amide bonds. The van der Waals surface area contributed by atoms with Crippen LogP contribution in [0, 0.1) is 0 Å². The van der Waals surface area contributed by atoms with Crippen molar-refractivity contribution in [2.75, 3.05) is 6.54 Å². The minimum atomic E-state index is 0.490. The third-order valence-corrected chi connectivity index (χ3v) is 4.46. The van der Waals surface area contributed by atoms with E-state index in [-0.39, 0.29) is 0 Å². The molecule has 0 aliphatic heterocycles. The Balaban J connectivity index is 2.19. The van der Waals surface area contributed by atoms with Crippen molar-refractivity contribution < 1.29 is 0 Å². The number of hydrogen-bond donors (Lipinski definition) is 1. The van der Waals surface area contributed by atoms with Crippen molar-refractivity contribution in [2.45, 2.75) is 52.0 Å². The van der Waals surface area contributed by atoms with E-state index in [1.165, 1.54) is 48.4 Å². The Morgan fingerprint density at radius 3 is 2.48 bits per heavy atom. The van der Waals surface area contributed by atoms with Crippen LogP contribution in [0.25, 0.3) is 10.8 Å². The Hall–Kier alpha value is -0.860. The molecule has 114 valence electrons. The average Bonchev–Trinajstić information content (AvgIpc) is 2.50. The first-order valence-electron chi connectivity index (χ1n) is 8.17. The molecule has 21 heavy (non-hydrogen) atoms. The van der Waals surface area contributed by atoms with Crippen LogP contribution in [0.1, 0.15) is 57.6 Å². The molecule has 0 spiro atoms. The Bertz CT molecular complexity index is 564. The van der Waals surface area contributed by atoms with Crippen LogP contribution in [0.5, 0.6) is 0 Å². The molecule has 2 rings (SSSR count). The maximum atomic E-state index is 3.71. The van der Waals surface area contributed by atoms with Crippen molar-refractivity contribution in [3.05, 3.63) is 46.4 Å². The summed E-state index contributed by atoms with van der Waals surface area (Å²) in [4.78, 5) is 0. The molecule has 0 bridgehead atoms. The molecule has 1 atom stereocenters. The summed E-state index contributed by atoms with van der Waals surface area (Å²) < 4.78 is 1.14. The first-order chi connectivity index (χ1) is 10.2. The molecule has 1 N–H and O–H groups in total. The van der Waals surface area contributed by atoms with Crippen LogP contribution in [0.15, 0.2) is 40.9 Å². The van der Waals surface area contributed by atoms with Crippen LogP contribution in [0.4, 0.5) is 0 Å². The second-order valence-corrected chi connectivity index (χ2v) is 6.67. The second kappa shape index (κ2) is 8.55. The second-order valence-electron chi connectivity index (χ2n) is 5.75. The monoisotopic (exact) mass is 347 g/mol. The molecule has 1 nitrogen and oxygen atoms in total. The zero-order chi connectivity index (χ0) is 15.1.